The van der Waals surface area contributed by atoms with E-state index in [-0.39, 0.29) is 58.7 Å². The molecule has 1 amide bonds. The highest BCUT2D eigenvalue weighted by Crippen LogP contribution is 2.37. The number of ether oxygens (including phenoxy) is 1. The largest absolute Gasteiger partial charge is 0.464 e. The van der Waals surface area contributed by atoms with Gasteiger partial charge in [0, 0.05) is 31.1 Å². The van der Waals surface area contributed by atoms with Crippen molar-refractivity contribution in [2.75, 3.05) is 24.5 Å². The Labute approximate surface area is 270 Å². The Hall–Kier alpha value is -4.94. The second-order valence-corrected chi connectivity index (χ2v) is 13.2. The van der Waals surface area contributed by atoms with Gasteiger partial charge in [0.15, 0.2) is 11.5 Å². The number of aryl methyl sites for hydroxylation is 2. The zero-order chi connectivity index (χ0) is 33.9. The van der Waals surface area contributed by atoms with Crippen molar-refractivity contribution in [3.05, 3.63) is 69.9 Å². The molecule has 1 fully saturated rings. The van der Waals surface area contributed by atoms with Gasteiger partial charge in [-0.25, -0.2) is 37.9 Å². The van der Waals surface area contributed by atoms with Crippen molar-refractivity contribution in [3.8, 4) is 16.9 Å². The van der Waals surface area contributed by atoms with Crippen molar-refractivity contribution in [1.29, 1.82) is 0 Å². The van der Waals surface area contributed by atoms with Crippen LogP contribution in [0.15, 0.2) is 39.7 Å². The number of hydrogen-bond donors (Lipinski definition) is 0. The zero-order valence-electron chi connectivity index (χ0n) is 27.7. The lowest BCUT2D eigenvalue weighted by Gasteiger charge is -2.41. The third-order valence-electron chi connectivity index (χ3n) is 8.13. The van der Waals surface area contributed by atoms with E-state index in [1.165, 1.54) is 29.0 Å². The van der Waals surface area contributed by atoms with Gasteiger partial charge in [0.1, 0.15) is 34.3 Å². The van der Waals surface area contributed by atoms with Crippen LogP contribution >= 0.6 is 0 Å². The number of carbonyl (C=O) groups is 1. The molecule has 5 aromatic rings. The Bertz CT molecular complexity index is 2100. The number of hydrogen-bond acceptors (Lipinski definition) is 9. The summed E-state index contributed by atoms with van der Waals surface area (Å²) in [6, 6.07) is 5.31. The van der Waals surface area contributed by atoms with E-state index in [2.05, 4.69) is 19.9 Å². The van der Waals surface area contributed by atoms with Crippen LogP contribution in [-0.2, 0) is 4.74 Å². The first-order valence-electron chi connectivity index (χ1n) is 15.5. The molecule has 1 aliphatic heterocycles. The summed E-state index contributed by atoms with van der Waals surface area (Å²) >= 11 is 0. The topological polar surface area (TPSA) is 119 Å². The van der Waals surface area contributed by atoms with E-state index in [9.17, 15) is 9.59 Å². The van der Waals surface area contributed by atoms with Gasteiger partial charge in [-0.1, -0.05) is 13.8 Å². The molecule has 1 aromatic carbocycles. The van der Waals surface area contributed by atoms with Crippen LogP contribution in [0.3, 0.4) is 0 Å². The maximum absolute atomic E-state index is 16.3. The summed E-state index contributed by atoms with van der Waals surface area (Å²) in [5.41, 5.74) is -0.179. The molecule has 1 aliphatic rings. The van der Waals surface area contributed by atoms with Gasteiger partial charge < -0.3 is 19.0 Å². The Morgan fingerprint density at radius 1 is 1.04 bits per heavy atom. The van der Waals surface area contributed by atoms with Crippen molar-refractivity contribution in [1.82, 2.24) is 29.4 Å². The predicted octanol–water partition coefficient (Wildman–Crippen LogP) is 6.45. The minimum Gasteiger partial charge on any atom is -0.464 e. The highest BCUT2D eigenvalue weighted by Gasteiger charge is 2.33. The normalized spacial score (nSPS) is 15.7. The number of amides is 1. The van der Waals surface area contributed by atoms with Gasteiger partial charge in [0.2, 0.25) is 0 Å². The first-order valence-corrected chi connectivity index (χ1v) is 15.5. The average Bonchev–Trinajstić information content (AvgIpc) is 3.45. The molecule has 0 spiro atoms. The molecule has 6 rings (SSSR count). The summed E-state index contributed by atoms with van der Waals surface area (Å²) in [5.74, 6) is -0.952. The Morgan fingerprint density at radius 3 is 2.47 bits per heavy atom. The van der Waals surface area contributed by atoms with E-state index < -0.39 is 29.0 Å². The van der Waals surface area contributed by atoms with Gasteiger partial charge in [-0.05, 0) is 71.7 Å². The minimum absolute atomic E-state index is 0.0542. The van der Waals surface area contributed by atoms with E-state index in [0.717, 1.165) is 0 Å². The summed E-state index contributed by atoms with van der Waals surface area (Å²) in [6.45, 7) is 15.6. The minimum atomic E-state index is -0.824. The SMILES string of the molecule is Cc1nc(C)c(-n2c(=O)nc(N3CCN(C(=O)OC(C)(C)C)C[C@@H]3C)c3cc(F)c(-c4c(F)ccc5ccoc45)nc32)c(C(C)C)n1. The second kappa shape index (κ2) is 11.7. The molecule has 0 aliphatic carbocycles. The van der Waals surface area contributed by atoms with Crippen LogP contribution in [0.2, 0.25) is 0 Å². The van der Waals surface area contributed by atoms with Crippen LogP contribution in [0, 0.1) is 25.5 Å². The van der Waals surface area contributed by atoms with Gasteiger partial charge in [0.25, 0.3) is 0 Å². The van der Waals surface area contributed by atoms with E-state index >= 15 is 8.78 Å². The predicted molar refractivity (Wildman–Crippen MR) is 174 cm³/mol. The smallest absolute Gasteiger partial charge is 0.410 e. The third-order valence-corrected chi connectivity index (χ3v) is 8.13. The van der Waals surface area contributed by atoms with Crippen molar-refractivity contribution in [3.63, 3.8) is 0 Å². The number of furan rings is 1. The Morgan fingerprint density at radius 2 is 1.79 bits per heavy atom. The van der Waals surface area contributed by atoms with Crippen molar-refractivity contribution in [2.45, 2.75) is 73.0 Å². The molecular formula is C34H37F2N7O4. The fraction of sp³-hybridized carbons (Fsp3) is 0.412. The second-order valence-electron chi connectivity index (χ2n) is 13.2. The molecule has 47 heavy (non-hydrogen) atoms. The first kappa shape index (κ1) is 32.0. The molecule has 13 heteroatoms. The van der Waals surface area contributed by atoms with E-state index in [4.69, 9.17) is 9.15 Å². The molecule has 0 bridgehead atoms. The number of fused-ring (bicyclic) bond motifs is 2. The molecule has 246 valence electrons. The van der Waals surface area contributed by atoms with Crippen LogP contribution in [0.4, 0.5) is 19.4 Å². The number of rotatable bonds is 4. The van der Waals surface area contributed by atoms with Crippen molar-refractivity contribution in [2.24, 2.45) is 0 Å². The van der Waals surface area contributed by atoms with Crippen molar-refractivity contribution >= 4 is 33.9 Å². The molecule has 0 unspecified atom stereocenters. The number of piperazine rings is 1. The summed E-state index contributed by atoms with van der Waals surface area (Å²) in [7, 11) is 0. The van der Waals surface area contributed by atoms with Gasteiger partial charge in [-0.2, -0.15) is 4.98 Å². The van der Waals surface area contributed by atoms with Gasteiger partial charge in [-0.15, -0.1) is 0 Å². The third kappa shape index (κ3) is 5.79. The highest BCUT2D eigenvalue weighted by molar-refractivity contribution is 5.95. The maximum Gasteiger partial charge on any atom is 0.410 e. The van der Waals surface area contributed by atoms with Crippen LogP contribution in [0.5, 0.6) is 0 Å². The van der Waals surface area contributed by atoms with Crippen molar-refractivity contribution < 1.29 is 22.7 Å². The molecule has 4 aromatic heterocycles. The van der Waals surface area contributed by atoms with E-state index in [1.54, 1.807) is 45.6 Å². The molecule has 11 nitrogen and oxygen atoms in total. The molecule has 1 atom stereocenters. The monoisotopic (exact) mass is 645 g/mol. The maximum atomic E-state index is 16.3. The lowest BCUT2D eigenvalue weighted by atomic mass is 10.0. The molecule has 0 radical (unpaired) electrons. The summed E-state index contributed by atoms with van der Waals surface area (Å²) in [6.07, 6.45) is 0.949. The lowest BCUT2D eigenvalue weighted by molar-refractivity contribution is 0.0218. The fourth-order valence-corrected chi connectivity index (χ4v) is 6.11. The van der Waals surface area contributed by atoms with Crippen LogP contribution in [-0.4, -0.2) is 66.8 Å². The van der Waals surface area contributed by atoms with Crippen LogP contribution in [0.25, 0.3) is 38.9 Å². The number of nitrogens with zero attached hydrogens (tertiary/aromatic N) is 7. The number of aromatic nitrogens is 5. The number of halogens is 2. The molecule has 0 N–H and O–H groups in total. The Kier molecular flexibility index (Phi) is 7.97. The van der Waals surface area contributed by atoms with E-state index in [0.29, 0.717) is 34.8 Å². The van der Waals surface area contributed by atoms with Gasteiger partial charge in [-0.3, -0.25) is 0 Å². The summed E-state index contributed by atoms with van der Waals surface area (Å²) in [4.78, 5) is 48.8. The van der Waals surface area contributed by atoms with E-state index in [1.807, 2.05) is 25.7 Å². The van der Waals surface area contributed by atoms with Crippen LogP contribution < -0.4 is 10.6 Å². The molecular weight excluding hydrogens is 608 g/mol. The molecule has 5 heterocycles. The average molecular weight is 646 g/mol. The van der Waals surface area contributed by atoms with Gasteiger partial charge >= 0.3 is 11.8 Å². The number of benzene rings is 1. The van der Waals surface area contributed by atoms with Gasteiger partial charge in [0.05, 0.1) is 34.3 Å². The number of pyridine rings is 1. The zero-order valence-corrected chi connectivity index (χ0v) is 27.7. The fourth-order valence-electron chi connectivity index (χ4n) is 6.11. The standard InChI is InChI=1S/C34H37F2N7O4/c1-17(2)26-28(19(4)37-20(5)38-26)43-31-22(15-24(36)27(39-31)25-23(35)10-9-21-11-14-46-29(21)25)30(40-32(43)44)42-13-12-41(16-18(42)3)33(45)47-34(6,7)8/h9-11,14-15,17-18H,12-13,16H2,1-8H3/t18-/m0/s1. The molecule has 0 saturated carbocycles. The molecule has 1 saturated heterocycles. The summed E-state index contributed by atoms with van der Waals surface area (Å²) in [5, 5.41) is 0.794. The number of carbonyl (C=O) groups excluding carboxylic acids is 1. The number of anilines is 1. The van der Waals surface area contributed by atoms with Crippen LogP contribution in [0.1, 0.15) is 64.7 Å². The summed E-state index contributed by atoms with van der Waals surface area (Å²) < 4.78 is 44.1. The lowest BCUT2D eigenvalue weighted by Crippen LogP contribution is -2.55. The highest BCUT2D eigenvalue weighted by atomic mass is 19.1. The quantitative estimate of drug-likeness (QED) is 0.217. The first-order chi connectivity index (χ1) is 22.1. The Balaban J connectivity index is 1.60.